The number of carbonyl (C=O) groups excluding carboxylic acids is 1. The van der Waals surface area contributed by atoms with E-state index in [9.17, 15) is 18.0 Å². The van der Waals surface area contributed by atoms with E-state index in [4.69, 9.17) is 9.47 Å². The van der Waals surface area contributed by atoms with E-state index < -0.39 is 24.2 Å². The number of halogens is 3. The number of benzene rings is 1. The van der Waals surface area contributed by atoms with Gasteiger partial charge in [-0.3, -0.25) is 4.79 Å². The van der Waals surface area contributed by atoms with Gasteiger partial charge in [-0.2, -0.15) is 13.2 Å². The Hall–Kier alpha value is -2.02. The summed E-state index contributed by atoms with van der Waals surface area (Å²) < 4.78 is 48.0. The predicted octanol–water partition coefficient (Wildman–Crippen LogP) is 3.06. The molecule has 22 heavy (non-hydrogen) atoms. The van der Waals surface area contributed by atoms with Crippen molar-refractivity contribution in [2.24, 2.45) is 0 Å². The average Bonchev–Trinajstić information content (AvgIpc) is 2.81. The van der Waals surface area contributed by atoms with E-state index >= 15 is 0 Å². The number of alkyl halides is 3. The van der Waals surface area contributed by atoms with Crippen LogP contribution in [0.4, 0.5) is 13.2 Å². The predicted molar refractivity (Wildman–Crippen MR) is 73.4 cm³/mol. The molecule has 2 rings (SSSR count). The largest absolute Gasteiger partial charge is 0.497 e. The molecule has 0 heterocycles. The lowest BCUT2D eigenvalue weighted by molar-refractivity contribution is -0.174. The number of fused-ring (bicyclic) bond motifs is 1. The highest BCUT2D eigenvalue weighted by Gasteiger charge is 2.42. The van der Waals surface area contributed by atoms with Crippen molar-refractivity contribution in [3.63, 3.8) is 0 Å². The Bertz CT molecular complexity index is 572. The Morgan fingerprint density at radius 3 is 2.77 bits per heavy atom. The summed E-state index contributed by atoms with van der Waals surface area (Å²) in [5.74, 6) is -1.45. The van der Waals surface area contributed by atoms with Crippen LogP contribution >= 0.6 is 0 Å². The fourth-order valence-electron chi connectivity index (χ4n) is 2.46. The fourth-order valence-corrected chi connectivity index (χ4v) is 2.46. The zero-order chi connectivity index (χ0) is 16.3. The number of amides is 1. The van der Waals surface area contributed by atoms with Gasteiger partial charge in [0.15, 0.2) is 0 Å². The van der Waals surface area contributed by atoms with Crippen LogP contribution in [0.25, 0.3) is 0 Å². The normalized spacial score (nSPS) is 20.4. The second-order valence-corrected chi connectivity index (χ2v) is 4.87. The first kappa shape index (κ1) is 16.4. The first-order valence-electron chi connectivity index (χ1n) is 6.64. The topological polar surface area (TPSA) is 47.6 Å². The Balaban J connectivity index is 2.26. The Morgan fingerprint density at radius 1 is 1.45 bits per heavy atom. The molecular formula is C15H16F3NO3. The Morgan fingerprint density at radius 2 is 2.18 bits per heavy atom. The molecule has 1 aromatic rings. The fraction of sp³-hybridized carbons (Fsp3) is 0.400. The van der Waals surface area contributed by atoms with Crippen molar-refractivity contribution in [3.8, 4) is 5.75 Å². The molecule has 4 nitrogen and oxygen atoms in total. The van der Waals surface area contributed by atoms with E-state index in [2.05, 4.69) is 6.58 Å². The maximum Gasteiger partial charge on any atom is 0.471 e. The van der Waals surface area contributed by atoms with E-state index in [0.29, 0.717) is 11.3 Å². The van der Waals surface area contributed by atoms with Crippen LogP contribution in [0, 0.1) is 0 Å². The van der Waals surface area contributed by atoms with E-state index in [1.54, 1.807) is 24.3 Å². The molecule has 1 N–H and O–H groups in total. The van der Waals surface area contributed by atoms with Crippen LogP contribution in [-0.4, -0.2) is 25.8 Å². The summed E-state index contributed by atoms with van der Waals surface area (Å²) >= 11 is 0. The summed E-state index contributed by atoms with van der Waals surface area (Å²) in [5, 5.41) is 2.01. The highest BCUT2D eigenvalue weighted by Crippen LogP contribution is 2.42. The molecular weight excluding hydrogens is 299 g/mol. The highest BCUT2D eigenvalue weighted by molar-refractivity contribution is 5.82. The summed E-state index contributed by atoms with van der Waals surface area (Å²) in [6, 6.07) is 4.29. The van der Waals surface area contributed by atoms with E-state index in [1.807, 2.05) is 5.32 Å². The first-order valence-corrected chi connectivity index (χ1v) is 6.64. The monoisotopic (exact) mass is 315 g/mol. The molecule has 1 aliphatic carbocycles. The van der Waals surface area contributed by atoms with Crippen molar-refractivity contribution in [2.45, 2.75) is 24.7 Å². The standard InChI is InChI=1S/C15H16F3NO3/c1-3-6-22-13-8-12(19-14(20)15(16,17)18)11-7-9(21-2)4-5-10(11)13/h3-5,7,12-13H,1,6,8H2,2H3,(H,19,20)/t12-,13+/m0/s1. The number of nitrogens with one attached hydrogen (secondary N) is 1. The van der Waals surface area contributed by atoms with E-state index in [0.717, 1.165) is 5.56 Å². The van der Waals surface area contributed by atoms with Gasteiger partial charge < -0.3 is 14.8 Å². The van der Waals surface area contributed by atoms with Crippen LogP contribution in [-0.2, 0) is 9.53 Å². The first-order chi connectivity index (χ1) is 10.4. The molecule has 0 radical (unpaired) electrons. The summed E-state index contributed by atoms with van der Waals surface area (Å²) in [5.41, 5.74) is 1.32. The lowest BCUT2D eigenvalue weighted by Crippen LogP contribution is -2.38. The van der Waals surface area contributed by atoms with E-state index in [1.165, 1.54) is 7.11 Å². The maximum absolute atomic E-state index is 12.4. The van der Waals surface area contributed by atoms with Crippen LogP contribution in [0.3, 0.4) is 0 Å². The molecule has 1 aromatic carbocycles. The zero-order valence-electron chi connectivity index (χ0n) is 11.9. The van der Waals surface area contributed by atoms with Crippen molar-refractivity contribution in [1.82, 2.24) is 5.32 Å². The number of ether oxygens (including phenoxy) is 2. The zero-order valence-corrected chi connectivity index (χ0v) is 11.9. The second-order valence-electron chi connectivity index (χ2n) is 4.87. The SMILES string of the molecule is C=CCO[C@@H]1C[C@H](NC(=O)C(F)(F)F)c2cc(OC)ccc21. The third-order valence-corrected chi connectivity index (χ3v) is 3.44. The average molecular weight is 315 g/mol. The van der Waals surface area contributed by atoms with Gasteiger partial charge in [-0.25, -0.2) is 0 Å². The third kappa shape index (κ3) is 3.41. The number of rotatable bonds is 5. The molecule has 1 amide bonds. The van der Waals surface area contributed by atoms with Crippen LogP contribution in [0.1, 0.15) is 29.7 Å². The van der Waals surface area contributed by atoms with Gasteiger partial charge in [0.05, 0.1) is 25.9 Å². The van der Waals surface area contributed by atoms with Crippen molar-refractivity contribution < 1.29 is 27.4 Å². The number of methoxy groups -OCH3 is 1. The summed E-state index contributed by atoms with van der Waals surface area (Å²) in [6.07, 6.45) is -3.51. The minimum Gasteiger partial charge on any atom is -0.497 e. The molecule has 1 aliphatic rings. The number of hydrogen-bond donors (Lipinski definition) is 1. The van der Waals surface area contributed by atoms with Gasteiger partial charge in [-0.1, -0.05) is 12.1 Å². The number of hydrogen-bond acceptors (Lipinski definition) is 3. The highest BCUT2D eigenvalue weighted by atomic mass is 19.4. The van der Waals surface area contributed by atoms with Gasteiger partial charge in [0.1, 0.15) is 5.75 Å². The molecule has 0 unspecified atom stereocenters. The molecule has 0 spiro atoms. The van der Waals surface area contributed by atoms with E-state index in [-0.39, 0.29) is 13.0 Å². The lowest BCUT2D eigenvalue weighted by atomic mass is 10.1. The van der Waals surface area contributed by atoms with Gasteiger partial charge >= 0.3 is 12.1 Å². The Kier molecular flexibility index (Phi) is 4.75. The Labute approximate surface area is 125 Å². The molecule has 0 fully saturated rings. The van der Waals surface area contributed by atoms with Crippen LogP contribution in [0.5, 0.6) is 5.75 Å². The van der Waals surface area contributed by atoms with Crippen LogP contribution < -0.4 is 10.1 Å². The van der Waals surface area contributed by atoms with Gasteiger partial charge in [0, 0.05) is 6.42 Å². The summed E-state index contributed by atoms with van der Waals surface area (Å²) in [7, 11) is 1.46. The minimum absolute atomic E-state index is 0.234. The van der Waals surface area contributed by atoms with Gasteiger partial charge in [-0.15, -0.1) is 6.58 Å². The van der Waals surface area contributed by atoms with Crippen molar-refractivity contribution in [1.29, 1.82) is 0 Å². The van der Waals surface area contributed by atoms with Gasteiger partial charge in [0.2, 0.25) is 0 Å². The molecule has 120 valence electrons. The van der Waals surface area contributed by atoms with Gasteiger partial charge in [0.25, 0.3) is 0 Å². The summed E-state index contributed by atoms with van der Waals surface area (Å²) in [6.45, 7) is 3.82. The quantitative estimate of drug-likeness (QED) is 0.850. The van der Waals surface area contributed by atoms with Crippen LogP contribution in [0.2, 0.25) is 0 Å². The summed E-state index contributed by atoms with van der Waals surface area (Å²) in [4.78, 5) is 11.2. The minimum atomic E-state index is -4.92. The molecule has 2 atom stereocenters. The molecule has 0 bridgehead atoms. The number of carbonyl (C=O) groups is 1. The lowest BCUT2D eigenvalue weighted by Gasteiger charge is -2.16. The van der Waals surface area contributed by atoms with Crippen molar-refractivity contribution in [3.05, 3.63) is 42.0 Å². The molecule has 0 saturated heterocycles. The molecule has 0 aliphatic heterocycles. The molecule has 0 saturated carbocycles. The van der Waals surface area contributed by atoms with Crippen molar-refractivity contribution in [2.75, 3.05) is 13.7 Å². The molecule has 0 aromatic heterocycles. The van der Waals surface area contributed by atoms with Gasteiger partial charge in [-0.05, 0) is 23.3 Å². The smallest absolute Gasteiger partial charge is 0.471 e. The maximum atomic E-state index is 12.4. The second kappa shape index (κ2) is 6.39. The third-order valence-electron chi connectivity index (χ3n) is 3.44. The van der Waals surface area contributed by atoms with Crippen molar-refractivity contribution >= 4 is 5.91 Å². The van der Waals surface area contributed by atoms with Crippen LogP contribution in [0.15, 0.2) is 30.9 Å². The molecule has 7 heteroatoms.